The second kappa shape index (κ2) is 3.01. The van der Waals surface area contributed by atoms with Crippen molar-refractivity contribution in [3.63, 3.8) is 0 Å². The first kappa shape index (κ1) is 6.81. The summed E-state index contributed by atoms with van der Waals surface area (Å²) in [7, 11) is 1.69. The van der Waals surface area contributed by atoms with E-state index in [2.05, 4.69) is 6.07 Å². The van der Waals surface area contributed by atoms with Crippen LogP contribution in [0.15, 0.2) is 24.3 Å². The summed E-state index contributed by atoms with van der Waals surface area (Å²) in [6, 6.07) is 10.2. The molecule has 1 radical (unpaired) electrons. The van der Waals surface area contributed by atoms with Crippen molar-refractivity contribution in [2.24, 2.45) is 0 Å². The van der Waals surface area contributed by atoms with Crippen LogP contribution in [0.5, 0.6) is 0 Å². The first-order valence-corrected chi connectivity index (χ1v) is 2.99. The van der Waals surface area contributed by atoms with Crippen molar-refractivity contribution >= 4 is 12.1 Å². The third-order valence-corrected chi connectivity index (χ3v) is 1.23. The van der Waals surface area contributed by atoms with Crippen molar-refractivity contribution < 1.29 is 4.79 Å². The van der Waals surface area contributed by atoms with E-state index in [1.807, 2.05) is 18.2 Å². The van der Waals surface area contributed by atoms with Crippen LogP contribution in [0.3, 0.4) is 0 Å². The Balaban J connectivity index is 2.84. The molecule has 0 bridgehead atoms. The highest BCUT2D eigenvalue weighted by Gasteiger charge is 1.93. The lowest BCUT2D eigenvalue weighted by atomic mass is 10.3. The number of carbonyl (C=O) groups is 1. The Labute approximate surface area is 60.1 Å². The molecule has 0 saturated heterocycles. The normalized spacial score (nSPS) is 8.90. The van der Waals surface area contributed by atoms with Crippen LogP contribution in [0, 0.1) is 6.07 Å². The highest BCUT2D eigenvalue weighted by atomic mass is 16.1. The topological polar surface area (TPSA) is 20.3 Å². The molecule has 0 heterocycles. The lowest BCUT2D eigenvalue weighted by Gasteiger charge is -2.07. The molecule has 0 aliphatic rings. The molecule has 0 N–H and O–H groups in total. The SMILES string of the molecule is CN(C=O)c1[c]cccc1. The number of carbonyl (C=O) groups excluding carboxylic acids is 1. The second-order valence-electron chi connectivity index (χ2n) is 1.96. The first-order chi connectivity index (χ1) is 4.84. The van der Waals surface area contributed by atoms with Gasteiger partial charge in [-0.3, -0.25) is 4.79 Å². The number of benzene rings is 1. The average molecular weight is 134 g/mol. The molecule has 1 rings (SSSR count). The number of anilines is 1. The monoisotopic (exact) mass is 134 g/mol. The van der Waals surface area contributed by atoms with E-state index in [1.54, 1.807) is 13.1 Å². The van der Waals surface area contributed by atoms with Crippen LogP contribution in [0.1, 0.15) is 0 Å². The number of rotatable bonds is 2. The van der Waals surface area contributed by atoms with Crippen LogP contribution in [-0.2, 0) is 4.79 Å². The zero-order valence-corrected chi connectivity index (χ0v) is 5.74. The van der Waals surface area contributed by atoms with Gasteiger partial charge in [0.2, 0.25) is 6.41 Å². The molecule has 0 saturated carbocycles. The Morgan fingerprint density at radius 2 is 2.40 bits per heavy atom. The molecule has 0 unspecified atom stereocenters. The van der Waals surface area contributed by atoms with Gasteiger partial charge < -0.3 is 4.90 Å². The average Bonchev–Trinajstić information content (AvgIpc) is 2.05. The van der Waals surface area contributed by atoms with Crippen molar-refractivity contribution in [3.05, 3.63) is 30.3 Å². The van der Waals surface area contributed by atoms with Gasteiger partial charge in [-0.2, -0.15) is 0 Å². The summed E-state index contributed by atoms with van der Waals surface area (Å²) in [4.78, 5) is 11.7. The van der Waals surface area contributed by atoms with Crippen molar-refractivity contribution in [3.8, 4) is 0 Å². The summed E-state index contributed by atoms with van der Waals surface area (Å²) in [6.45, 7) is 0. The lowest BCUT2D eigenvalue weighted by molar-refractivity contribution is -0.107. The Morgan fingerprint density at radius 1 is 1.60 bits per heavy atom. The number of amides is 1. The molecule has 2 nitrogen and oxygen atoms in total. The van der Waals surface area contributed by atoms with Crippen LogP contribution < -0.4 is 4.90 Å². The highest BCUT2D eigenvalue weighted by Crippen LogP contribution is 2.06. The van der Waals surface area contributed by atoms with E-state index in [1.165, 1.54) is 4.90 Å². The van der Waals surface area contributed by atoms with Crippen LogP contribution in [0.25, 0.3) is 0 Å². The molecular formula is C8H8NO. The summed E-state index contributed by atoms with van der Waals surface area (Å²) < 4.78 is 0. The summed E-state index contributed by atoms with van der Waals surface area (Å²) >= 11 is 0. The van der Waals surface area contributed by atoms with Crippen molar-refractivity contribution in [1.29, 1.82) is 0 Å². The van der Waals surface area contributed by atoms with Crippen LogP contribution in [0.2, 0.25) is 0 Å². The Hall–Kier alpha value is -1.31. The van der Waals surface area contributed by atoms with Gasteiger partial charge in [0.1, 0.15) is 0 Å². The minimum atomic E-state index is 0.756. The smallest absolute Gasteiger partial charge is 0.213 e. The molecule has 10 heavy (non-hydrogen) atoms. The fourth-order valence-corrected chi connectivity index (χ4v) is 0.660. The maximum absolute atomic E-state index is 10.2. The zero-order chi connectivity index (χ0) is 7.40. The molecule has 0 fully saturated rings. The standard InChI is InChI=1S/C8H8NO/c1-9(7-10)8-5-3-2-4-6-8/h2-5,7H,1H3. The quantitative estimate of drug-likeness (QED) is 0.554. The van der Waals surface area contributed by atoms with Crippen molar-refractivity contribution in [1.82, 2.24) is 0 Å². The minimum absolute atomic E-state index is 0.756. The second-order valence-corrected chi connectivity index (χ2v) is 1.96. The zero-order valence-electron chi connectivity index (χ0n) is 5.74. The van der Waals surface area contributed by atoms with Gasteiger partial charge in [-0.05, 0) is 6.07 Å². The number of nitrogens with zero attached hydrogens (tertiary/aromatic N) is 1. The molecular weight excluding hydrogens is 126 g/mol. The fraction of sp³-hybridized carbons (Fsp3) is 0.125. The maximum atomic E-state index is 10.2. The van der Waals surface area contributed by atoms with E-state index in [9.17, 15) is 4.79 Å². The number of para-hydroxylation sites is 1. The van der Waals surface area contributed by atoms with E-state index in [0.29, 0.717) is 0 Å². The van der Waals surface area contributed by atoms with Crippen LogP contribution in [0.4, 0.5) is 5.69 Å². The molecule has 51 valence electrons. The fourth-order valence-electron chi connectivity index (χ4n) is 0.660. The summed E-state index contributed by atoms with van der Waals surface area (Å²) in [6.07, 6.45) is 0.756. The van der Waals surface area contributed by atoms with Crippen LogP contribution >= 0.6 is 0 Å². The first-order valence-electron chi connectivity index (χ1n) is 2.99. The van der Waals surface area contributed by atoms with Gasteiger partial charge in [0, 0.05) is 13.1 Å². The molecule has 1 amide bonds. The van der Waals surface area contributed by atoms with Gasteiger partial charge in [0.15, 0.2) is 0 Å². The van der Waals surface area contributed by atoms with Gasteiger partial charge in [0.05, 0.1) is 5.69 Å². The number of hydrogen-bond acceptors (Lipinski definition) is 1. The predicted molar refractivity (Wildman–Crippen MR) is 39.7 cm³/mol. The number of hydrogen-bond donors (Lipinski definition) is 0. The van der Waals surface area contributed by atoms with Gasteiger partial charge in [-0.15, -0.1) is 0 Å². The van der Waals surface area contributed by atoms with E-state index < -0.39 is 0 Å². The summed E-state index contributed by atoms with van der Waals surface area (Å²) in [5.41, 5.74) is 0.789. The lowest BCUT2D eigenvalue weighted by Crippen LogP contribution is -2.13. The molecule has 0 aromatic heterocycles. The van der Waals surface area contributed by atoms with Crippen LogP contribution in [-0.4, -0.2) is 13.5 Å². The van der Waals surface area contributed by atoms with E-state index >= 15 is 0 Å². The van der Waals surface area contributed by atoms with E-state index in [0.717, 1.165) is 12.1 Å². The summed E-state index contributed by atoms with van der Waals surface area (Å²) in [5, 5.41) is 0. The molecule has 0 spiro atoms. The van der Waals surface area contributed by atoms with Gasteiger partial charge in [-0.1, -0.05) is 18.2 Å². The molecule has 0 aliphatic heterocycles. The Kier molecular flexibility index (Phi) is 2.05. The van der Waals surface area contributed by atoms with Crippen molar-refractivity contribution in [2.75, 3.05) is 11.9 Å². The Bertz CT molecular complexity index is 208. The molecule has 1 aromatic carbocycles. The van der Waals surface area contributed by atoms with E-state index in [-0.39, 0.29) is 0 Å². The predicted octanol–water partition coefficient (Wildman–Crippen LogP) is 1.08. The largest absolute Gasteiger partial charge is 0.317 e. The van der Waals surface area contributed by atoms with Gasteiger partial charge in [0.25, 0.3) is 0 Å². The third kappa shape index (κ3) is 1.35. The molecule has 2 heteroatoms. The van der Waals surface area contributed by atoms with Gasteiger partial charge >= 0.3 is 0 Å². The minimum Gasteiger partial charge on any atom is -0.317 e. The summed E-state index contributed by atoms with van der Waals surface area (Å²) in [5.74, 6) is 0. The maximum Gasteiger partial charge on any atom is 0.213 e. The van der Waals surface area contributed by atoms with E-state index in [4.69, 9.17) is 0 Å². The molecule has 1 aromatic rings. The Morgan fingerprint density at radius 3 is 2.90 bits per heavy atom. The molecule has 0 aliphatic carbocycles. The van der Waals surface area contributed by atoms with Crippen molar-refractivity contribution in [2.45, 2.75) is 0 Å². The van der Waals surface area contributed by atoms with Gasteiger partial charge in [-0.25, -0.2) is 0 Å². The molecule has 0 atom stereocenters. The highest BCUT2D eigenvalue weighted by molar-refractivity contribution is 5.73. The third-order valence-electron chi connectivity index (χ3n) is 1.23.